The van der Waals surface area contributed by atoms with Crippen LogP contribution in [0.4, 0.5) is 0 Å². The van der Waals surface area contributed by atoms with Gasteiger partial charge in [0.1, 0.15) is 0 Å². The number of aryl methyl sites for hydroxylation is 1. The van der Waals surface area contributed by atoms with E-state index in [4.69, 9.17) is 4.98 Å². The molecule has 0 saturated carbocycles. The van der Waals surface area contributed by atoms with E-state index in [9.17, 15) is 0 Å². The average molecular weight is 392 g/mol. The Morgan fingerprint density at radius 3 is 1.89 bits per heavy atom. The van der Waals surface area contributed by atoms with Crippen molar-refractivity contribution in [2.75, 3.05) is 0 Å². The van der Waals surface area contributed by atoms with E-state index in [1.807, 2.05) is 61.0 Å². The molecule has 3 rings (SSSR count). The van der Waals surface area contributed by atoms with Gasteiger partial charge in [-0.1, -0.05) is 94.6 Å². The number of rotatable bonds is 4. The Labute approximate surface area is 175 Å². The van der Waals surface area contributed by atoms with Crippen LogP contribution in [0.1, 0.15) is 37.9 Å². The van der Waals surface area contributed by atoms with E-state index < -0.39 is 0 Å². The summed E-state index contributed by atoms with van der Waals surface area (Å²) in [6.45, 7) is 18.8. The van der Waals surface area contributed by atoms with E-state index in [0.717, 1.165) is 17.0 Å². The monoisotopic (exact) mass is 391 g/mol. The molecule has 0 bridgehead atoms. The van der Waals surface area contributed by atoms with E-state index in [1.54, 1.807) is 23.5 Å². The molecule has 0 radical (unpaired) electrons. The van der Waals surface area contributed by atoms with Crippen LogP contribution in [0.25, 0.3) is 11.3 Å². The van der Waals surface area contributed by atoms with Crippen molar-refractivity contribution in [1.82, 2.24) is 4.98 Å². The number of nitrogens with zero attached hydrogens (tertiary/aromatic N) is 1. The van der Waals surface area contributed by atoms with Gasteiger partial charge in [-0.15, -0.1) is 6.58 Å². The predicted molar refractivity (Wildman–Crippen MR) is 129 cm³/mol. The van der Waals surface area contributed by atoms with Gasteiger partial charge in [0.15, 0.2) is 0 Å². The minimum atomic E-state index is 0.289. The molecule has 1 unspecified atom stereocenters. The SMILES string of the molecule is C=CC(C)c1cc(C)cc(-c2ccccc2)n1.C=CC=C.CC.c1ccsc1. The molecule has 1 atom stereocenters. The molecule has 2 heterocycles. The third kappa shape index (κ3) is 10.4. The van der Waals surface area contributed by atoms with Gasteiger partial charge >= 0.3 is 0 Å². The van der Waals surface area contributed by atoms with Gasteiger partial charge in [-0.25, -0.2) is 0 Å². The summed E-state index contributed by atoms with van der Waals surface area (Å²) in [5.74, 6) is 0.289. The third-order valence-corrected chi connectivity index (χ3v) is 4.10. The number of thiophene rings is 1. The molecule has 0 N–H and O–H groups in total. The Morgan fingerprint density at radius 2 is 1.46 bits per heavy atom. The number of pyridine rings is 1. The molecule has 2 heteroatoms. The number of hydrogen-bond acceptors (Lipinski definition) is 2. The molecule has 1 nitrogen and oxygen atoms in total. The van der Waals surface area contributed by atoms with Crippen molar-refractivity contribution in [2.24, 2.45) is 0 Å². The Balaban J connectivity index is 0.000000545. The largest absolute Gasteiger partial charge is 0.252 e. The van der Waals surface area contributed by atoms with Crippen molar-refractivity contribution >= 4 is 11.3 Å². The summed E-state index contributed by atoms with van der Waals surface area (Å²) in [4.78, 5) is 4.70. The molecular formula is C26H33NS. The fourth-order valence-corrected chi connectivity index (χ4v) is 2.49. The van der Waals surface area contributed by atoms with E-state index in [1.165, 1.54) is 5.56 Å². The standard InChI is InChI=1S/C16H17N.C4H4S.C4H6.C2H6/c1-4-13(3)15-10-12(2)11-16(17-15)14-8-6-5-7-9-14;1-2-4-5-3-1;1-3-4-2;1-2/h4-11,13H,1H2,2-3H3;1-4H;3-4H,1-2H2;1-2H3. The van der Waals surface area contributed by atoms with Crippen LogP contribution in [0.15, 0.2) is 103 Å². The van der Waals surface area contributed by atoms with Gasteiger partial charge in [0.05, 0.1) is 5.69 Å². The molecule has 0 spiro atoms. The van der Waals surface area contributed by atoms with Gasteiger partial charge in [-0.2, -0.15) is 11.3 Å². The number of aromatic nitrogens is 1. The van der Waals surface area contributed by atoms with Crippen molar-refractivity contribution in [1.29, 1.82) is 0 Å². The summed E-state index contributed by atoms with van der Waals surface area (Å²) in [6, 6.07) is 18.6. The normalized spacial score (nSPS) is 9.71. The molecule has 0 aliphatic heterocycles. The lowest BCUT2D eigenvalue weighted by Gasteiger charge is -2.10. The molecule has 2 aromatic heterocycles. The zero-order valence-corrected chi connectivity index (χ0v) is 18.5. The number of hydrogen-bond donors (Lipinski definition) is 0. The first-order chi connectivity index (χ1) is 13.6. The summed E-state index contributed by atoms with van der Waals surface area (Å²) in [6.07, 6.45) is 5.20. The molecule has 0 aliphatic carbocycles. The molecule has 28 heavy (non-hydrogen) atoms. The van der Waals surface area contributed by atoms with E-state index in [-0.39, 0.29) is 5.92 Å². The molecule has 0 saturated heterocycles. The maximum Gasteiger partial charge on any atom is 0.0708 e. The number of benzene rings is 1. The maximum atomic E-state index is 4.70. The van der Waals surface area contributed by atoms with Crippen LogP contribution in [0, 0.1) is 6.92 Å². The Morgan fingerprint density at radius 1 is 0.893 bits per heavy atom. The Hall–Kier alpha value is -2.71. The predicted octanol–water partition coefficient (Wildman–Crippen LogP) is 8.48. The smallest absolute Gasteiger partial charge is 0.0708 e. The highest BCUT2D eigenvalue weighted by molar-refractivity contribution is 7.07. The maximum absolute atomic E-state index is 4.70. The molecule has 1 aromatic carbocycles. The van der Waals surface area contributed by atoms with Crippen molar-refractivity contribution in [3.63, 3.8) is 0 Å². The molecular weight excluding hydrogens is 358 g/mol. The molecule has 0 amide bonds. The highest BCUT2D eigenvalue weighted by Gasteiger charge is 2.06. The zero-order chi connectivity index (χ0) is 21.2. The summed E-state index contributed by atoms with van der Waals surface area (Å²) in [5, 5.41) is 4.08. The first kappa shape index (κ1) is 25.3. The molecule has 0 fully saturated rings. The first-order valence-electron chi connectivity index (χ1n) is 9.49. The second-order valence-corrected chi connectivity index (χ2v) is 6.43. The Bertz CT molecular complexity index is 750. The van der Waals surface area contributed by atoms with Crippen LogP contribution >= 0.6 is 11.3 Å². The van der Waals surface area contributed by atoms with E-state index in [2.05, 4.69) is 57.8 Å². The topological polar surface area (TPSA) is 12.9 Å². The summed E-state index contributed by atoms with van der Waals surface area (Å²) < 4.78 is 0. The van der Waals surface area contributed by atoms with Crippen molar-refractivity contribution in [2.45, 2.75) is 33.6 Å². The number of allylic oxidation sites excluding steroid dienone is 3. The van der Waals surface area contributed by atoms with Gasteiger partial charge < -0.3 is 0 Å². The van der Waals surface area contributed by atoms with Crippen LogP contribution in [-0.4, -0.2) is 4.98 Å². The minimum absolute atomic E-state index is 0.289. The minimum Gasteiger partial charge on any atom is -0.252 e. The van der Waals surface area contributed by atoms with E-state index >= 15 is 0 Å². The summed E-state index contributed by atoms with van der Waals surface area (Å²) >= 11 is 1.71. The van der Waals surface area contributed by atoms with Crippen LogP contribution in [0.3, 0.4) is 0 Å². The third-order valence-electron chi connectivity index (χ3n) is 3.47. The van der Waals surface area contributed by atoms with Gasteiger partial charge in [-0.05, 0) is 35.4 Å². The van der Waals surface area contributed by atoms with Crippen LogP contribution < -0.4 is 0 Å². The van der Waals surface area contributed by atoms with E-state index in [0.29, 0.717) is 0 Å². The second kappa shape index (κ2) is 16.5. The van der Waals surface area contributed by atoms with Crippen molar-refractivity contribution < 1.29 is 0 Å². The Kier molecular flexibility index (Phi) is 14.9. The zero-order valence-electron chi connectivity index (χ0n) is 17.6. The van der Waals surface area contributed by atoms with Crippen LogP contribution in [-0.2, 0) is 0 Å². The fourth-order valence-electron chi connectivity index (χ4n) is 2.03. The fraction of sp³-hybridized carbons (Fsp3) is 0.192. The summed E-state index contributed by atoms with van der Waals surface area (Å²) in [5.41, 5.74) is 4.52. The highest BCUT2D eigenvalue weighted by atomic mass is 32.1. The first-order valence-corrected chi connectivity index (χ1v) is 10.4. The molecule has 0 aliphatic rings. The van der Waals surface area contributed by atoms with Crippen LogP contribution in [0.2, 0.25) is 0 Å². The lowest BCUT2D eigenvalue weighted by Crippen LogP contribution is -1.96. The summed E-state index contributed by atoms with van der Waals surface area (Å²) in [7, 11) is 0. The van der Waals surface area contributed by atoms with Crippen LogP contribution in [0.5, 0.6) is 0 Å². The van der Waals surface area contributed by atoms with Gasteiger partial charge in [0, 0.05) is 17.2 Å². The lowest BCUT2D eigenvalue weighted by atomic mass is 10.0. The van der Waals surface area contributed by atoms with Crippen molar-refractivity contribution in [3.05, 3.63) is 115 Å². The van der Waals surface area contributed by atoms with Gasteiger partial charge in [0.2, 0.25) is 0 Å². The molecule has 148 valence electrons. The second-order valence-electron chi connectivity index (χ2n) is 5.61. The lowest BCUT2D eigenvalue weighted by molar-refractivity contribution is 0.908. The average Bonchev–Trinajstić information content (AvgIpc) is 3.35. The van der Waals surface area contributed by atoms with Gasteiger partial charge in [-0.3, -0.25) is 4.98 Å². The highest BCUT2D eigenvalue weighted by Crippen LogP contribution is 2.22. The molecule has 3 aromatic rings. The quantitative estimate of drug-likeness (QED) is 0.321. The van der Waals surface area contributed by atoms with Gasteiger partial charge in [0.25, 0.3) is 0 Å². The van der Waals surface area contributed by atoms with Crippen molar-refractivity contribution in [3.8, 4) is 11.3 Å².